The van der Waals surface area contributed by atoms with Crippen molar-refractivity contribution >= 4 is 17.5 Å². The smallest absolute Gasteiger partial charge is 0.275 e. The molecule has 0 radical (unpaired) electrons. The van der Waals surface area contributed by atoms with E-state index >= 15 is 0 Å². The van der Waals surface area contributed by atoms with Gasteiger partial charge in [0.25, 0.3) is 5.91 Å². The Bertz CT molecular complexity index is 1080. The Kier molecular flexibility index (Phi) is 8.15. The molecule has 0 unspecified atom stereocenters. The highest BCUT2D eigenvalue weighted by Crippen LogP contribution is 2.42. The van der Waals surface area contributed by atoms with Gasteiger partial charge in [0.2, 0.25) is 5.91 Å². The zero-order valence-electron chi connectivity index (χ0n) is 21.2. The summed E-state index contributed by atoms with van der Waals surface area (Å²) in [4.78, 5) is 28.5. The average Bonchev–Trinajstić information content (AvgIpc) is 3.28. The van der Waals surface area contributed by atoms with Crippen molar-refractivity contribution in [3.8, 4) is 22.8 Å². The van der Waals surface area contributed by atoms with Crippen LogP contribution in [0.25, 0.3) is 11.3 Å². The Balaban J connectivity index is 1.58. The second kappa shape index (κ2) is 11.3. The summed E-state index contributed by atoms with van der Waals surface area (Å²) in [6.45, 7) is 9.33. The molecule has 0 bridgehead atoms. The highest BCUT2D eigenvalue weighted by Gasteiger charge is 2.33. The number of nitrogens with one attached hydrogen (secondary N) is 2. The summed E-state index contributed by atoms with van der Waals surface area (Å²) in [6.07, 6.45) is 3.34. The zero-order valence-corrected chi connectivity index (χ0v) is 21.2. The van der Waals surface area contributed by atoms with E-state index in [-0.39, 0.29) is 51.9 Å². The fourth-order valence-electron chi connectivity index (χ4n) is 5.10. The fourth-order valence-corrected chi connectivity index (χ4v) is 5.10. The Labute approximate surface area is 211 Å². The first-order valence-electron chi connectivity index (χ1n) is 12.8. The summed E-state index contributed by atoms with van der Waals surface area (Å²) in [6, 6.07) is 3.29. The van der Waals surface area contributed by atoms with Crippen LogP contribution in [0.15, 0.2) is 16.7 Å². The SMILES string of the molecule is CCNC(=O)c1noc(-c2cc(C(C)C)c(O)cc2O)c1NC(=O)C1CCC(N2CCOCC2)CC1. The van der Waals surface area contributed by atoms with E-state index in [9.17, 15) is 19.8 Å². The first-order valence-corrected chi connectivity index (χ1v) is 12.8. The van der Waals surface area contributed by atoms with E-state index in [1.165, 1.54) is 6.07 Å². The van der Waals surface area contributed by atoms with E-state index in [1.54, 1.807) is 13.0 Å². The second-order valence-electron chi connectivity index (χ2n) is 9.82. The molecule has 4 rings (SSSR count). The van der Waals surface area contributed by atoms with Gasteiger partial charge in [-0.25, -0.2) is 0 Å². The van der Waals surface area contributed by atoms with Gasteiger partial charge in [0, 0.05) is 37.7 Å². The molecule has 1 aliphatic heterocycles. The molecule has 4 N–H and O–H groups in total. The summed E-state index contributed by atoms with van der Waals surface area (Å²) in [5, 5.41) is 30.3. The quantitative estimate of drug-likeness (QED) is 0.454. The molecule has 0 spiro atoms. The summed E-state index contributed by atoms with van der Waals surface area (Å²) in [7, 11) is 0. The number of nitrogens with zero attached hydrogens (tertiary/aromatic N) is 2. The third-order valence-electron chi connectivity index (χ3n) is 7.13. The van der Waals surface area contributed by atoms with Gasteiger partial charge in [-0.2, -0.15) is 0 Å². The number of carbonyl (C=O) groups is 2. The monoisotopic (exact) mass is 500 g/mol. The molecule has 1 saturated carbocycles. The summed E-state index contributed by atoms with van der Waals surface area (Å²) < 4.78 is 11.0. The van der Waals surface area contributed by atoms with Gasteiger partial charge < -0.3 is 30.1 Å². The van der Waals surface area contributed by atoms with E-state index in [2.05, 4.69) is 20.7 Å². The van der Waals surface area contributed by atoms with E-state index in [0.29, 0.717) is 18.2 Å². The molecule has 2 aromatic rings. The number of phenolic OH excluding ortho intramolecular Hbond substituents is 2. The first kappa shape index (κ1) is 26.0. The number of amides is 2. The minimum atomic E-state index is -0.485. The van der Waals surface area contributed by atoms with Crippen LogP contribution in [0.5, 0.6) is 11.5 Å². The van der Waals surface area contributed by atoms with Crippen molar-refractivity contribution in [3.05, 3.63) is 23.4 Å². The number of phenols is 2. The molecule has 36 heavy (non-hydrogen) atoms. The number of benzene rings is 1. The van der Waals surface area contributed by atoms with Crippen LogP contribution in [0.3, 0.4) is 0 Å². The van der Waals surface area contributed by atoms with Crippen molar-refractivity contribution in [2.24, 2.45) is 5.92 Å². The normalized spacial score (nSPS) is 20.9. The van der Waals surface area contributed by atoms with Gasteiger partial charge in [0.1, 0.15) is 17.2 Å². The highest BCUT2D eigenvalue weighted by molar-refractivity contribution is 6.06. The van der Waals surface area contributed by atoms with Gasteiger partial charge >= 0.3 is 0 Å². The number of morpholine rings is 1. The molecule has 2 fully saturated rings. The Hall–Kier alpha value is -3.11. The number of rotatable bonds is 7. The van der Waals surface area contributed by atoms with E-state index in [1.807, 2.05) is 13.8 Å². The van der Waals surface area contributed by atoms with Crippen LogP contribution in [0, 0.1) is 5.92 Å². The highest BCUT2D eigenvalue weighted by atomic mass is 16.5. The predicted molar refractivity (Wildman–Crippen MR) is 134 cm³/mol. The Morgan fingerprint density at radius 2 is 1.81 bits per heavy atom. The van der Waals surface area contributed by atoms with Crippen molar-refractivity contribution in [3.63, 3.8) is 0 Å². The van der Waals surface area contributed by atoms with Crippen LogP contribution in [0.4, 0.5) is 5.69 Å². The lowest BCUT2D eigenvalue weighted by atomic mass is 9.84. The van der Waals surface area contributed by atoms with Gasteiger partial charge in [-0.3, -0.25) is 14.5 Å². The van der Waals surface area contributed by atoms with Gasteiger partial charge in [-0.1, -0.05) is 19.0 Å². The first-order chi connectivity index (χ1) is 17.3. The molecule has 10 heteroatoms. The van der Waals surface area contributed by atoms with Crippen molar-refractivity contribution in [1.82, 2.24) is 15.4 Å². The molecule has 10 nitrogen and oxygen atoms in total. The third-order valence-corrected chi connectivity index (χ3v) is 7.13. The lowest BCUT2D eigenvalue weighted by Gasteiger charge is -2.38. The number of hydrogen-bond acceptors (Lipinski definition) is 8. The lowest BCUT2D eigenvalue weighted by Crippen LogP contribution is -2.45. The maximum absolute atomic E-state index is 13.3. The number of carbonyl (C=O) groups excluding carboxylic acids is 2. The van der Waals surface area contributed by atoms with Crippen LogP contribution in [-0.4, -0.2) is 71.0 Å². The van der Waals surface area contributed by atoms with Crippen molar-refractivity contribution in [2.45, 2.75) is 58.4 Å². The van der Waals surface area contributed by atoms with E-state index in [0.717, 1.165) is 52.0 Å². The number of anilines is 1. The van der Waals surface area contributed by atoms with Crippen molar-refractivity contribution in [2.75, 3.05) is 38.2 Å². The Morgan fingerprint density at radius 3 is 2.44 bits per heavy atom. The Morgan fingerprint density at radius 1 is 1.11 bits per heavy atom. The molecule has 1 aliphatic carbocycles. The van der Waals surface area contributed by atoms with Crippen LogP contribution >= 0.6 is 0 Å². The summed E-state index contributed by atoms with van der Waals surface area (Å²) in [5.74, 6) is -1.13. The molecule has 196 valence electrons. The molecular weight excluding hydrogens is 464 g/mol. The molecule has 1 saturated heterocycles. The third kappa shape index (κ3) is 5.49. The van der Waals surface area contributed by atoms with Crippen LogP contribution < -0.4 is 10.6 Å². The van der Waals surface area contributed by atoms with Crippen LogP contribution in [0.2, 0.25) is 0 Å². The maximum atomic E-state index is 13.3. The molecule has 1 aromatic carbocycles. The minimum absolute atomic E-state index is 0.0326. The van der Waals surface area contributed by atoms with Crippen LogP contribution in [0.1, 0.15) is 68.4 Å². The minimum Gasteiger partial charge on any atom is -0.508 e. The number of hydrogen-bond donors (Lipinski definition) is 4. The number of ether oxygens (including phenoxy) is 1. The zero-order chi connectivity index (χ0) is 25.8. The molecule has 1 aromatic heterocycles. The molecule has 2 amide bonds. The number of aromatic hydroxyl groups is 2. The molecular formula is C26H36N4O6. The van der Waals surface area contributed by atoms with Gasteiger partial charge in [0.05, 0.1) is 18.8 Å². The van der Waals surface area contributed by atoms with Gasteiger partial charge in [-0.15, -0.1) is 0 Å². The fraction of sp³-hybridized carbons (Fsp3) is 0.577. The predicted octanol–water partition coefficient (Wildman–Crippen LogP) is 3.46. The molecule has 2 heterocycles. The molecule has 2 aliphatic rings. The van der Waals surface area contributed by atoms with E-state index < -0.39 is 5.91 Å². The summed E-state index contributed by atoms with van der Waals surface area (Å²) >= 11 is 0. The van der Waals surface area contributed by atoms with E-state index in [4.69, 9.17) is 9.26 Å². The largest absolute Gasteiger partial charge is 0.508 e. The van der Waals surface area contributed by atoms with Crippen molar-refractivity contribution in [1.29, 1.82) is 0 Å². The standard InChI is InChI=1S/C26H36N4O6/c1-4-27-26(34)23-22(24(36-29-23)19-13-18(15(2)3)20(31)14-21(19)32)28-25(33)16-5-7-17(8-6-16)30-9-11-35-12-10-30/h13-17,31-32H,4-12H2,1-3H3,(H,27,34)(H,28,33). The molecule has 0 atom stereocenters. The maximum Gasteiger partial charge on any atom is 0.275 e. The van der Waals surface area contributed by atoms with Gasteiger partial charge in [-0.05, 0) is 50.2 Å². The lowest BCUT2D eigenvalue weighted by molar-refractivity contribution is -0.121. The number of aromatic nitrogens is 1. The topological polar surface area (TPSA) is 137 Å². The average molecular weight is 501 g/mol. The second-order valence-corrected chi connectivity index (χ2v) is 9.82. The van der Waals surface area contributed by atoms with Gasteiger partial charge in [0.15, 0.2) is 11.5 Å². The van der Waals surface area contributed by atoms with Crippen LogP contribution in [-0.2, 0) is 9.53 Å². The summed E-state index contributed by atoms with van der Waals surface area (Å²) in [5.41, 5.74) is 0.904. The van der Waals surface area contributed by atoms with Crippen molar-refractivity contribution < 1.29 is 29.1 Å².